The summed E-state index contributed by atoms with van der Waals surface area (Å²) < 4.78 is 28.0. The van der Waals surface area contributed by atoms with Gasteiger partial charge in [0.15, 0.2) is 5.13 Å². The highest BCUT2D eigenvalue weighted by molar-refractivity contribution is 7.22. The SMILES string of the molecule is O=C(CN1CCN(c2nc3ccccc3s2)CC1)Nc1cc(F)ccc1F. The molecule has 0 aliphatic carbocycles. The molecule has 27 heavy (non-hydrogen) atoms. The normalized spacial score (nSPS) is 15.3. The number of hydrogen-bond acceptors (Lipinski definition) is 5. The van der Waals surface area contributed by atoms with Gasteiger partial charge in [-0.25, -0.2) is 13.8 Å². The van der Waals surface area contributed by atoms with Crippen molar-refractivity contribution in [2.45, 2.75) is 0 Å². The van der Waals surface area contributed by atoms with Crippen molar-refractivity contribution in [2.75, 3.05) is 42.9 Å². The van der Waals surface area contributed by atoms with Crippen molar-refractivity contribution in [3.05, 3.63) is 54.1 Å². The van der Waals surface area contributed by atoms with Gasteiger partial charge in [-0.3, -0.25) is 9.69 Å². The van der Waals surface area contributed by atoms with E-state index in [-0.39, 0.29) is 18.1 Å². The molecule has 8 heteroatoms. The molecule has 1 amide bonds. The molecular formula is C19H18F2N4OS. The first-order chi connectivity index (χ1) is 13.1. The standard InChI is InChI=1S/C19H18F2N4OS/c20-13-5-6-14(21)16(11-13)22-18(26)12-24-7-9-25(10-8-24)19-23-15-3-1-2-4-17(15)27-19/h1-6,11H,7-10,12H2,(H,22,26). The Morgan fingerprint density at radius 2 is 1.89 bits per heavy atom. The Kier molecular flexibility index (Phi) is 5.00. The summed E-state index contributed by atoms with van der Waals surface area (Å²) in [4.78, 5) is 21.0. The van der Waals surface area contributed by atoms with Crippen LogP contribution in [0.1, 0.15) is 0 Å². The summed E-state index contributed by atoms with van der Waals surface area (Å²) in [5, 5.41) is 3.43. The molecule has 5 nitrogen and oxygen atoms in total. The van der Waals surface area contributed by atoms with E-state index in [2.05, 4.69) is 21.3 Å². The van der Waals surface area contributed by atoms with Crippen LogP contribution in [-0.2, 0) is 4.79 Å². The molecule has 0 saturated carbocycles. The van der Waals surface area contributed by atoms with Crippen LogP contribution in [0.3, 0.4) is 0 Å². The maximum Gasteiger partial charge on any atom is 0.238 e. The van der Waals surface area contributed by atoms with Gasteiger partial charge in [-0.2, -0.15) is 0 Å². The summed E-state index contributed by atoms with van der Waals surface area (Å²) in [5.74, 6) is -1.59. The van der Waals surface area contributed by atoms with Crippen molar-refractivity contribution in [2.24, 2.45) is 0 Å². The topological polar surface area (TPSA) is 48.5 Å². The number of hydrogen-bond donors (Lipinski definition) is 1. The van der Waals surface area contributed by atoms with Gasteiger partial charge in [0.2, 0.25) is 5.91 Å². The molecule has 1 aromatic heterocycles. The number of halogens is 2. The zero-order valence-electron chi connectivity index (χ0n) is 14.5. The first kappa shape index (κ1) is 17.8. The zero-order valence-corrected chi connectivity index (χ0v) is 15.3. The van der Waals surface area contributed by atoms with E-state index in [1.54, 1.807) is 11.3 Å². The third kappa shape index (κ3) is 4.06. The number of anilines is 2. The first-order valence-corrected chi connectivity index (χ1v) is 9.48. The van der Waals surface area contributed by atoms with E-state index in [9.17, 15) is 13.6 Å². The van der Waals surface area contributed by atoms with Crippen molar-refractivity contribution >= 4 is 38.3 Å². The maximum atomic E-state index is 13.6. The fraction of sp³-hybridized carbons (Fsp3) is 0.263. The lowest BCUT2D eigenvalue weighted by molar-refractivity contribution is -0.117. The molecule has 1 saturated heterocycles. The summed E-state index contributed by atoms with van der Waals surface area (Å²) in [7, 11) is 0. The molecule has 1 aliphatic heterocycles. The van der Waals surface area contributed by atoms with Gasteiger partial charge >= 0.3 is 0 Å². The lowest BCUT2D eigenvalue weighted by atomic mass is 10.3. The molecule has 2 heterocycles. The molecule has 140 valence electrons. The highest BCUT2D eigenvalue weighted by Gasteiger charge is 2.21. The number of carbonyl (C=O) groups excluding carboxylic acids is 1. The fourth-order valence-corrected chi connectivity index (χ4v) is 4.10. The van der Waals surface area contributed by atoms with E-state index in [1.807, 2.05) is 23.1 Å². The Labute approximate surface area is 159 Å². The fourth-order valence-electron chi connectivity index (χ4n) is 3.08. The Hall–Kier alpha value is -2.58. The van der Waals surface area contributed by atoms with Gasteiger partial charge in [-0.1, -0.05) is 23.5 Å². The van der Waals surface area contributed by atoms with Gasteiger partial charge in [0.1, 0.15) is 11.6 Å². The highest BCUT2D eigenvalue weighted by Crippen LogP contribution is 2.29. The summed E-state index contributed by atoms with van der Waals surface area (Å²) in [5.41, 5.74) is 0.865. The van der Waals surface area contributed by atoms with Crippen LogP contribution in [0.2, 0.25) is 0 Å². The van der Waals surface area contributed by atoms with E-state index in [1.165, 1.54) is 0 Å². The second-order valence-electron chi connectivity index (χ2n) is 6.40. The monoisotopic (exact) mass is 388 g/mol. The van der Waals surface area contributed by atoms with Crippen LogP contribution in [0.5, 0.6) is 0 Å². The van der Waals surface area contributed by atoms with Crippen molar-refractivity contribution in [1.82, 2.24) is 9.88 Å². The molecule has 0 atom stereocenters. The Bertz CT molecular complexity index is 936. The summed E-state index contributed by atoms with van der Waals surface area (Å²) in [6, 6.07) is 11.0. The lowest BCUT2D eigenvalue weighted by Crippen LogP contribution is -2.48. The van der Waals surface area contributed by atoms with Crippen LogP contribution in [0.15, 0.2) is 42.5 Å². The van der Waals surface area contributed by atoms with Gasteiger partial charge in [0.05, 0.1) is 22.4 Å². The number of rotatable bonds is 4. The summed E-state index contributed by atoms with van der Waals surface area (Å²) in [6.07, 6.45) is 0. The van der Waals surface area contributed by atoms with Crippen LogP contribution in [0.25, 0.3) is 10.2 Å². The minimum absolute atomic E-state index is 0.131. The van der Waals surface area contributed by atoms with E-state index in [0.29, 0.717) is 13.1 Å². The van der Waals surface area contributed by atoms with Gasteiger partial charge in [0, 0.05) is 32.2 Å². The van der Waals surface area contributed by atoms with Crippen LogP contribution in [0.4, 0.5) is 19.6 Å². The van der Waals surface area contributed by atoms with Gasteiger partial charge in [0.25, 0.3) is 0 Å². The third-order valence-corrected chi connectivity index (χ3v) is 5.59. The van der Waals surface area contributed by atoms with Crippen molar-refractivity contribution in [1.29, 1.82) is 0 Å². The number of aromatic nitrogens is 1. The number of carbonyl (C=O) groups is 1. The Morgan fingerprint density at radius 1 is 1.11 bits per heavy atom. The highest BCUT2D eigenvalue weighted by atomic mass is 32.1. The summed E-state index contributed by atoms with van der Waals surface area (Å²) in [6.45, 7) is 3.08. The van der Waals surface area contributed by atoms with E-state index in [0.717, 1.165) is 46.6 Å². The largest absolute Gasteiger partial charge is 0.345 e. The second kappa shape index (κ2) is 7.58. The van der Waals surface area contributed by atoms with Gasteiger partial charge in [-0.15, -0.1) is 0 Å². The number of benzene rings is 2. The molecule has 1 aliphatic rings. The minimum atomic E-state index is -0.648. The Balaban J connectivity index is 1.32. The quantitative estimate of drug-likeness (QED) is 0.745. The number of amides is 1. The average Bonchev–Trinajstić information content (AvgIpc) is 3.09. The van der Waals surface area contributed by atoms with Crippen LogP contribution in [0, 0.1) is 11.6 Å². The number of piperazine rings is 1. The molecule has 0 radical (unpaired) electrons. The van der Waals surface area contributed by atoms with Crippen molar-refractivity contribution in [3.63, 3.8) is 0 Å². The predicted octanol–water partition coefficient (Wildman–Crippen LogP) is 3.34. The van der Waals surface area contributed by atoms with Crippen molar-refractivity contribution < 1.29 is 13.6 Å². The average molecular weight is 388 g/mol. The van der Waals surface area contributed by atoms with E-state index >= 15 is 0 Å². The van der Waals surface area contributed by atoms with Crippen LogP contribution >= 0.6 is 11.3 Å². The molecule has 0 spiro atoms. The van der Waals surface area contributed by atoms with Crippen LogP contribution in [-0.4, -0.2) is 48.5 Å². The molecule has 2 aromatic carbocycles. The lowest BCUT2D eigenvalue weighted by Gasteiger charge is -2.34. The zero-order chi connectivity index (χ0) is 18.8. The number of para-hydroxylation sites is 1. The molecule has 0 bridgehead atoms. The smallest absolute Gasteiger partial charge is 0.238 e. The maximum absolute atomic E-state index is 13.6. The number of nitrogens with one attached hydrogen (secondary N) is 1. The number of fused-ring (bicyclic) bond motifs is 1. The minimum Gasteiger partial charge on any atom is -0.345 e. The molecule has 3 aromatic rings. The number of nitrogens with zero attached hydrogens (tertiary/aromatic N) is 3. The molecule has 4 rings (SSSR count). The van der Waals surface area contributed by atoms with Crippen molar-refractivity contribution in [3.8, 4) is 0 Å². The molecule has 1 fully saturated rings. The third-order valence-electron chi connectivity index (χ3n) is 4.50. The number of thiazole rings is 1. The van der Waals surface area contributed by atoms with E-state index < -0.39 is 11.6 Å². The molecule has 1 N–H and O–H groups in total. The molecule has 0 unspecified atom stereocenters. The first-order valence-electron chi connectivity index (χ1n) is 8.66. The Morgan fingerprint density at radius 3 is 2.67 bits per heavy atom. The van der Waals surface area contributed by atoms with Gasteiger partial charge < -0.3 is 10.2 Å². The summed E-state index contributed by atoms with van der Waals surface area (Å²) >= 11 is 1.66. The van der Waals surface area contributed by atoms with Crippen LogP contribution < -0.4 is 10.2 Å². The second-order valence-corrected chi connectivity index (χ2v) is 7.41. The van der Waals surface area contributed by atoms with Gasteiger partial charge in [-0.05, 0) is 24.3 Å². The molecular weight excluding hydrogens is 370 g/mol. The van der Waals surface area contributed by atoms with E-state index in [4.69, 9.17) is 0 Å². The predicted molar refractivity (Wildman–Crippen MR) is 103 cm³/mol.